The predicted octanol–water partition coefficient (Wildman–Crippen LogP) is 2.85. The molecule has 0 aliphatic rings. The fraction of sp³-hybridized carbons (Fsp3) is 0.462. The molecule has 2 nitrogen and oxygen atoms in total. The number of quaternary nitrogens is 1. The molecule has 0 saturated heterocycles. The molecule has 15 heavy (non-hydrogen) atoms. The molecule has 0 fully saturated rings. The first-order valence-electron chi connectivity index (χ1n) is 5.35. The first kappa shape index (κ1) is 11.9. The first-order valence-corrected chi connectivity index (χ1v) is 5.35. The standard InChI is InChI=1S/C13H21N2/c1-11(2)13-8-6-12(7-9-13)10-14-15(3,4)5/h6-11H,1-5H3/q+1. The van der Waals surface area contributed by atoms with Crippen molar-refractivity contribution in [1.29, 1.82) is 0 Å². The Labute approximate surface area is 92.8 Å². The molecule has 0 bridgehead atoms. The Bertz CT molecular complexity index is 329. The lowest BCUT2D eigenvalue weighted by atomic mass is 10.0. The topological polar surface area (TPSA) is 12.4 Å². The zero-order valence-electron chi connectivity index (χ0n) is 10.4. The van der Waals surface area contributed by atoms with Gasteiger partial charge in [-0.15, -0.1) is 0 Å². The van der Waals surface area contributed by atoms with E-state index in [1.54, 1.807) is 0 Å². The van der Waals surface area contributed by atoms with Crippen LogP contribution in [0.15, 0.2) is 29.4 Å². The molecule has 2 heteroatoms. The first-order chi connectivity index (χ1) is 6.88. The van der Waals surface area contributed by atoms with Crippen molar-refractivity contribution >= 4 is 6.21 Å². The van der Waals surface area contributed by atoms with Crippen LogP contribution >= 0.6 is 0 Å². The Morgan fingerprint density at radius 2 is 1.60 bits per heavy atom. The number of benzene rings is 1. The van der Waals surface area contributed by atoms with Crippen LogP contribution in [0.5, 0.6) is 0 Å². The minimum atomic E-state index is 0.592. The maximum Gasteiger partial charge on any atom is 0.0923 e. The molecule has 0 spiro atoms. The van der Waals surface area contributed by atoms with E-state index in [1.807, 2.05) is 27.4 Å². The van der Waals surface area contributed by atoms with Gasteiger partial charge in [0.2, 0.25) is 0 Å². The lowest BCUT2D eigenvalue weighted by Crippen LogP contribution is -2.27. The van der Waals surface area contributed by atoms with Crippen molar-refractivity contribution in [1.82, 2.24) is 0 Å². The van der Waals surface area contributed by atoms with Crippen molar-refractivity contribution in [3.8, 4) is 0 Å². The van der Waals surface area contributed by atoms with Crippen LogP contribution in [0.3, 0.4) is 0 Å². The van der Waals surface area contributed by atoms with Gasteiger partial charge in [-0.3, -0.25) is 0 Å². The molecule has 0 radical (unpaired) electrons. The highest BCUT2D eigenvalue weighted by atomic mass is 15.6. The van der Waals surface area contributed by atoms with Crippen molar-refractivity contribution in [3.63, 3.8) is 0 Å². The minimum Gasteiger partial charge on any atom is -0.205 e. The Morgan fingerprint density at radius 1 is 1.07 bits per heavy atom. The van der Waals surface area contributed by atoms with Gasteiger partial charge in [-0.2, -0.15) is 0 Å². The third-order valence-corrected chi connectivity index (χ3v) is 2.16. The van der Waals surface area contributed by atoms with Crippen molar-refractivity contribution < 1.29 is 4.59 Å². The summed E-state index contributed by atoms with van der Waals surface area (Å²) in [6.45, 7) is 4.41. The van der Waals surface area contributed by atoms with Gasteiger partial charge in [0.1, 0.15) is 0 Å². The van der Waals surface area contributed by atoms with E-state index in [0.717, 1.165) is 5.56 Å². The van der Waals surface area contributed by atoms with E-state index in [0.29, 0.717) is 10.5 Å². The molecule has 0 saturated carbocycles. The molecule has 0 unspecified atom stereocenters. The molecule has 1 aromatic carbocycles. The number of nitrogens with zero attached hydrogens (tertiary/aromatic N) is 2. The molecule has 0 aromatic heterocycles. The molecule has 0 aliphatic carbocycles. The maximum atomic E-state index is 4.41. The van der Waals surface area contributed by atoms with Crippen molar-refractivity contribution in [2.45, 2.75) is 19.8 Å². The Morgan fingerprint density at radius 3 is 2.00 bits per heavy atom. The second-order valence-corrected chi connectivity index (χ2v) is 5.01. The molecule has 0 aliphatic heterocycles. The highest BCUT2D eigenvalue weighted by Crippen LogP contribution is 2.13. The second kappa shape index (κ2) is 4.58. The summed E-state index contributed by atoms with van der Waals surface area (Å²) in [5.74, 6) is 0.592. The average Bonchev–Trinajstić information content (AvgIpc) is 2.14. The predicted molar refractivity (Wildman–Crippen MR) is 66.2 cm³/mol. The minimum absolute atomic E-state index is 0.592. The van der Waals surface area contributed by atoms with Gasteiger partial charge in [0.05, 0.1) is 27.4 Å². The summed E-state index contributed by atoms with van der Waals surface area (Å²) >= 11 is 0. The van der Waals surface area contributed by atoms with E-state index in [1.165, 1.54) is 5.56 Å². The molecule has 82 valence electrons. The summed E-state index contributed by atoms with van der Waals surface area (Å²) in [4.78, 5) is 0. The highest BCUT2D eigenvalue weighted by Gasteiger charge is 2.02. The van der Waals surface area contributed by atoms with Gasteiger partial charge < -0.3 is 0 Å². The van der Waals surface area contributed by atoms with Crippen molar-refractivity contribution in [2.24, 2.45) is 5.10 Å². The number of rotatable bonds is 3. The lowest BCUT2D eigenvalue weighted by molar-refractivity contribution is -0.876. The number of hydrogen-bond acceptors (Lipinski definition) is 1. The van der Waals surface area contributed by atoms with Gasteiger partial charge in [-0.1, -0.05) is 43.2 Å². The molecular weight excluding hydrogens is 184 g/mol. The monoisotopic (exact) mass is 205 g/mol. The summed E-state index contributed by atoms with van der Waals surface area (Å²) in [5.41, 5.74) is 2.53. The number of hydrogen-bond donors (Lipinski definition) is 0. The van der Waals surface area contributed by atoms with Crippen LogP contribution in [0.25, 0.3) is 0 Å². The van der Waals surface area contributed by atoms with E-state index in [4.69, 9.17) is 0 Å². The highest BCUT2D eigenvalue weighted by molar-refractivity contribution is 5.79. The summed E-state index contributed by atoms with van der Waals surface area (Å²) in [5, 5.41) is 4.41. The third-order valence-electron chi connectivity index (χ3n) is 2.16. The fourth-order valence-electron chi connectivity index (χ4n) is 1.21. The lowest BCUT2D eigenvalue weighted by Gasteiger charge is -2.14. The molecule has 1 rings (SSSR count). The smallest absolute Gasteiger partial charge is 0.0923 e. The Hall–Kier alpha value is -1.15. The summed E-state index contributed by atoms with van der Waals surface area (Å²) in [7, 11) is 6.12. The molecule has 0 heterocycles. The van der Waals surface area contributed by atoms with E-state index in [-0.39, 0.29) is 0 Å². The van der Waals surface area contributed by atoms with Crippen LogP contribution < -0.4 is 0 Å². The SMILES string of the molecule is CC(C)c1ccc(C=N[N+](C)(C)C)cc1. The summed E-state index contributed by atoms with van der Waals surface area (Å²) in [6.07, 6.45) is 1.92. The molecule has 1 aromatic rings. The van der Waals surface area contributed by atoms with Gasteiger partial charge in [-0.05, 0) is 17.0 Å². The molecule has 0 N–H and O–H groups in total. The van der Waals surface area contributed by atoms with Crippen LogP contribution in [-0.2, 0) is 0 Å². The van der Waals surface area contributed by atoms with E-state index in [9.17, 15) is 0 Å². The largest absolute Gasteiger partial charge is 0.205 e. The van der Waals surface area contributed by atoms with Crippen LogP contribution in [0, 0.1) is 0 Å². The zero-order chi connectivity index (χ0) is 11.5. The van der Waals surface area contributed by atoms with Gasteiger partial charge >= 0.3 is 0 Å². The van der Waals surface area contributed by atoms with Crippen LogP contribution in [0.1, 0.15) is 30.9 Å². The van der Waals surface area contributed by atoms with Crippen molar-refractivity contribution in [2.75, 3.05) is 21.1 Å². The zero-order valence-corrected chi connectivity index (χ0v) is 10.4. The fourth-order valence-corrected chi connectivity index (χ4v) is 1.21. The quantitative estimate of drug-likeness (QED) is 0.409. The van der Waals surface area contributed by atoms with Gasteiger partial charge in [0.25, 0.3) is 0 Å². The van der Waals surface area contributed by atoms with Crippen LogP contribution in [0.2, 0.25) is 0 Å². The van der Waals surface area contributed by atoms with E-state index < -0.39 is 0 Å². The van der Waals surface area contributed by atoms with Crippen LogP contribution in [-0.4, -0.2) is 31.9 Å². The molecule has 0 amide bonds. The summed E-state index contributed by atoms with van der Waals surface area (Å²) < 4.78 is 0.603. The van der Waals surface area contributed by atoms with E-state index >= 15 is 0 Å². The summed E-state index contributed by atoms with van der Waals surface area (Å²) in [6, 6.07) is 8.58. The van der Waals surface area contributed by atoms with Gasteiger partial charge in [0, 0.05) is 0 Å². The Kier molecular flexibility index (Phi) is 3.64. The molecular formula is C13H21N2+. The van der Waals surface area contributed by atoms with Gasteiger partial charge in [-0.25, -0.2) is 4.59 Å². The maximum absolute atomic E-state index is 4.41. The second-order valence-electron chi connectivity index (χ2n) is 5.01. The van der Waals surface area contributed by atoms with Crippen LogP contribution in [0.4, 0.5) is 0 Å². The normalized spacial score (nSPS) is 12.7. The Balaban J connectivity index is 2.77. The van der Waals surface area contributed by atoms with Crippen molar-refractivity contribution in [3.05, 3.63) is 35.4 Å². The average molecular weight is 205 g/mol. The van der Waals surface area contributed by atoms with E-state index in [2.05, 4.69) is 43.2 Å². The van der Waals surface area contributed by atoms with Gasteiger partial charge in [0.15, 0.2) is 0 Å². The molecule has 0 atom stereocenters. The third kappa shape index (κ3) is 4.26.